The van der Waals surface area contributed by atoms with Crippen LogP contribution in [0.15, 0.2) is 11.6 Å². The molecule has 2 N–H and O–H groups in total. The molecular formula is C10H14O4. The van der Waals surface area contributed by atoms with Crippen molar-refractivity contribution in [2.75, 3.05) is 0 Å². The average molecular weight is 198 g/mol. The van der Waals surface area contributed by atoms with Gasteiger partial charge in [0, 0.05) is 0 Å². The lowest BCUT2D eigenvalue weighted by Crippen LogP contribution is -2.36. The summed E-state index contributed by atoms with van der Waals surface area (Å²) in [4.78, 5) is 21.8. The van der Waals surface area contributed by atoms with E-state index in [0.717, 1.165) is 5.57 Å². The van der Waals surface area contributed by atoms with E-state index < -0.39 is 23.8 Å². The molecule has 1 aliphatic rings. The van der Waals surface area contributed by atoms with Crippen LogP contribution in [-0.2, 0) is 9.59 Å². The standard InChI is InChI=1S/C10H14O4/c1-5-3-6(2)8(10(13)14)7(4-5)9(11)12/h3,6-8H,4H2,1-2H3,(H,11,12)(H,13,14)/t6-,7-,8+/m0/s1. The van der Waals surface area contributed by atoms with Crippen molar-refractivity contribution in [3.63, 3.8) is 0 Å². The minimum Gasteiger partial charge on any atom is -0.481 e. The largest absolute Gasteiger partial charge is 0.481 e. The molecule has 0 amide bonds. The molecule has 0 saturated heterocycles. The molecule has 4 nitrogen and oxygen atoms in total. The molecule has 4 heteroatoms. The third-order valence-corrected chi connectivity index (χ3v) is 2.69. The number of aliphatic carboxylic acids is 2. The number of carbonyl (C=O) groups is 2. The van der Waals surface area contributed by atoms with Crippen molar-refractivity contribution in [3.8, 4) is 0 Å². The second-order valence-corrected chi connectivity index (χ2v) is 3.89. The predicted octanol–water partition coefficient (Wildman–Crippen LogP) is 1.37. The van der Waals surface area contributed by atoms with Crippen LogP contribution in [0.3, 0.4) is 0 Å². The van der Waals surface area contributed by atoms with Crippen LogP contribution in [0.1, 0.15) is 20.3 Å². The molecule has 0 fully saturated rings. The molecule has 1 aliphatic carbocycles. The molecule has 0 aliphatic heterocycles. The molecule has 78 valence electrons. The van der Waals surface area contributed by atoms with Gasteiger partial charge in [0.05, 0.1) is 11.8 Å². The number of rotatable bonds is 2. The highest BCUT2D eigenvalue weighted by molar-refractivity contribution is 5.81. The normalized spacial score (nSPS) is 32.1. The summed E-state index contributed by atoms with van der Waals surface area (Å²) < 4.78 is 0. The van der Waals surface area contributed by atoms with Crippen LogP contribution in [0.5, 0.6) is 0 Å². The molecule has 0 bridgehead atoms. The number of carboxylic acid groups (broad SMARTS) is 2. The maximum Gasteiger partial charge on any atom is 0.307 e. The molecule has 0 heterocycles. The number of carboxylic acids is 2. The number of hydrogen-bond acceptors (Lipinski definition) is 2. The molecule has 0 aromatic rings. The smallest absolute Gasteiger partial charge is 0.307 e. The zero-order chi connectivity index (χ0) is 10.9. The van der Waals surface area contributed by atoms with Crippen LogP contribution >= 0.6 is 0 Å². The topological polar surface area (TPSA) is 74.6 Å². The van der Waals surface area contributed by atoms with Gasteiger partial charge in [-0.25, -0.2) is 0 Å². The van der Waals surface area contributed by atoms with Crippen molar-refractivity contribution in [1.29, 1.82) is 0 Å². The van der Waals surface area contributed by atoms with Gasteiger partial charge in [0.2, 0.25) is 0 Å². The maximum atomic E-state index is 10.9. The molecule has 0 spiro atoms. The SMILES string of the molecule is CC1=C[C@H](C)[C@@H](C(=O)O)[C@@H](C(=O)O)C1. The van der Waals surface area contributed by atoms with E-state index in [1.807, 2.05) is 13.0 Å². The molecule has 0 unspecified atom stereocenters. The van der Waals surface area contributed by atoms with Gasteiger partial charge in [-0.3, -0.25) is 9.59 Å². The number of allylic oxidation sites excluding steroid dienone is 2. The Morgan fingerprint density at radius 1 is 1.36 bits per heavy atom. The molecule has 0 saturated carbocycles. The van der Waals surface area contributed by atoms with Gasteiger partial charge in [-0.15, -0.1) is 0 Å². The molecule has 14 heavy (non-hydrogen) atoms. The van der Waals surface area contributed by atoms with E-state index in [1.165, 1.54) is 0 Å². The van der Waals surface area contributed by atoms with Crippen molar-refractivity contribution in [2.45, 2.75) is 20.3 Å². The van der Waals surface area contributed by atoms with Gasteiger partial charge in [0.1, 0.15) is 0 Å². The van der Waals surface area contributed by atoms with Gasteiger partial charge < -0.3 is 10.2 Å². The van der Waals surface area contributed by atoms with Crippen molar-refractivity contribution < 1.29 is 19.8 Å². The second kappa shape index (κ2) is 3.82. The van der Waals surface area contributed by atoms with Gasteiger partial charge in [0.15, 0.2) is 0 Å². The van der Waals surface area contributed by atoms with E-state index in [1.54, 1.807) is 6.92 Å². The van der Waals surface area contributed by atoms with E-state index in [4.69, 9.17) is 10.2 Å². The summed E-state index contributed by atoms with van der Waals surface area (Å²) in [6.45, 7) is 3.59. The van der Waals surface area contributed by atoms with E-state index in [2.05, 4.69) is 0 Å². The monoisotopic (exact) mass is 198 g/mol. The molecule has 0 aromatic heterocycles. The average Bonchev–Trinajstić information content (AvgIpc) is 2.01. The van der Waals surface area contributed by atoms with Gasteiger partial charge in [-0.2, -0.15) is 0 Å². The minimum absolute atomic E-state index is 0.206. The zero-order valence-electron chi connectivity index (χ0n) is 8.23. The third kappa shape index (κ3) is 1.95. The van der Waals surface area contributed by atoms with E-state index in [9.17, 15) is 9.59 Å². The van der Waals surface area contributed by atoms with E-state index >= 15 is 0 Å². The van der Waals surface area contributed by atoms with Gasteiger partial charge in [0.25, 0.3) is 0 Å². The van der Waals surface area contributed by atoms with Crippen molar-refractivity contribution in [3.05, 3.63) is 11.6 Å². The van der Waals surface area contributed by atoms with Crippen LogP contribution in [0, 0.1) is 17.8 Å². The van der Waals surface area contributed by atoms with E-state index in [-0.39, 0.29) is 5.92 Å². The lowest BCUT2D eigenvalue weighted by Gasteiger charge is -2.29. The number of hydrogen-bond donors (Lipinski definition) is 2. The van der Waals surface area contributed by atoms with Gasteiger partial charge >= 0.3 is 11.9 Å². The highest BCUT2D eigenvalue weighted by atomic mass is 16.4. The summed E-state index contributed by atoms with van der Waals surface area (Å²) in [5.41, 5.74) is 0.961. The van der Waals surface area contributed by atoms with Crippen LogP contribution in [0.2, 0.25) is 0 Å². The highest BCUT2D eigenvalue weighted by Crippen LogP contribution is 2.34. The van der Waals surface area contributed by atoms with Crippen molar-refractivity contribution >= 4 is 11.9 Å². The molecule has 0 radical (unpaired) electrons. The fourth-order valence-electron chi connectivity index (χ4n) is 2.10. The van der Waals surface area contributed by atoms with Crippen LogP contribution in [0.4, 0.5) is 0 Å². The van der Waals surface area contributed by atoms with Crippen LogP contribution in [-0.4, -0.2) is 22.2 Å². The second-order valence-electron chi connectivity index (χ2n) is 3.89. The summed E-state index contributed by atoms with van der Waals surface area (Å²) >= 11 is 0. The first-order chi connectivity index (χ1) is 6.43. The molecule has 3 atom stereocenters. The summed E-state index contributed by atoms with van der Waals surface area (Å²) in [6, 6.07) is 0. The molecular weight excluding hydrogens is 184 g/mol. The van der Waals surface area contributed by atoms with Crippen LogP contribution < -0.4 is 0 Å². The Bertz CT molecular complexity index is 292. The zero-order valence-corrected chi connectivity index (χ0v) is 8.23. The third-order valence-electron chi connectivity index (χ3n) is 2.69. The Hall–Kier alpha value is -1.32. The first kappa shape index (κ1) is 10.8. The predicted molar refractivity (Wildman–Crippen MR) is 49.8 cm³/mol. The van der Waals surface area contributed by atoms with Gasteiger partial charge in [-0.05, 0) is 19.3 Å². The summed E-state index contributed by atoms with van der Waals surface area (Å²) in [7, 11) is 0. The van der Waals surface area contributed by atoms with Crippen LogP contribution in [0.25, 0.3) is 0 Å². The Labute approximate surface area is 82.2 Å². The Morgan fingerprint density at radius 2 is 1.93 bits per heavy atom. The quantitative estimate of drug-likeness (QED) is 0.657. The van der Waals surface area contributed by atoms with E-state index in [0.29, 0.717) is 6.42 Å². The highest BCUT2D eigenvalue weighted by Gasteiger charge is 2.39. The molecule has 1 rings (SSSR count). The van der Waals surface area contributed by atoms with Gasteiger partial charge in [-0.1, -0.05) is 18.6 Å². The summed E-state index contributed by atoms with van der Waals surface area (Å²) in [5.74, 6) is -3.82. The molecule has 0 aromatic carbocycles. The summed E-state index contributed by atoms with van der Waals surface area (Å²) in [6.07, 6.45) is 2.19. The first-order valence-corrected chi connectivity index (χ1v) is 4.56. The fourth-order valence-corrected chi connectivity index (χ4v) is 2.10. The Morgan fingerprint density at radius 3 is 2.36 bits per heavy atom. The minimum atomic E-state index is -1.02. The summed E-state index contributed by atoms with van der Waals surface area (Å²) in [5, 5.41) is 17.8. The lowest BCUT2D eigenvalue weighted by molar-refractivity contribution is -0.155. The maximum absolute atomic E-state index is 10.9. The lowest BCUT2D eigenvalue weighted by atomic mass is 9.74. The Balaban J connectivity index is 2.98. The van der Waals surface area contributed by atoms with Crippen molar-refractivity contribution in [1.82, 2.24) is 0 Å². The fraction of sp³-hybridized carbons (Fsp3) is 0.600. The first-order valence-electron chi connectivity index (χ1n) is 4.56. The Kier molecular flexibility index (Phi) is 2.93. The van der Waals surface area contributed by atoms with Crippen molar-refractivity contribution in [2.24, 2.45) is 17.8 Å².